The Bertz CT molecular complexity index is 256. The molecule has 0 spiro atoms. The third kappa shape index (κ3) is 2.36. The second-order valence-corrected chi connectivity index (χ2v) is 6.16. The minimum atomic E-state index is -4.07. The second-order valence-electron chi connectivity index (χ2n) is 6.16. The first-order valence-corrected chi connectivity index (χ1v) is 6.09. The van der Waals surface area contributed by atoms with Gasteiger partial charge in [-0.25, -0.2) is 0 Å². The van der Waals surface area contributed by atoms with Gasteiger partial charge in [0.15, 0.2) is 0 Å². The van der Waals surface area contributed by atoms with Gasteiger partial charge in [-0.05, 0) is 43.9 Å². The van der Waals surface area contributed by atoms with Gasteiger partial charge in [0.2, 0.25) is 0 Å². The summed E-state index contributed by atoms with van der Waals surface area (Å²) in [5, 5.41) is 2.86. The normalized spacial score (nSPS) is 29.1. The lowest BCUT2D eigenvalue weighted by Gasteiger charge is -2.37. The van der Waals surface area contributed by atoms with Gasteiger partial charge in [0.25, 0.3) is 0 Å². The van der Waals surface area contributed by atoms with Crippen LogP contribution in [0.3, 0.4) is 0 Å². The van der Waals surface area contributed by atoms with E-state index in [9.17, 15) is 13.2 Å². The summed E-state index contributed by atoms with van der Waals surface area (Å²) in [5.41, 5.74) is -1.22. The molecule has 2 aliphatic rings. The lowest BCUT2D eigenvalue weighted by Crippen LogP contribution is -2.51. The van der Waals surface area contributed by atoms with Crippen molar-refractivity contribution in [2.24, 2.45) is 5.41 Å². The van der Waals surface area contributed by atoms with Crippen molar-refractivity contribution in [1.29, 1.82) is 0 Å². The fourth-order valence-electron chi connectivity index (χ4n) is 2.57. The number of halogens is 3. The largest absolute Gasteiger partial charge is 0.406 e. The van der Waals surface area contributed by atoms with Crippen LogP contribution < -0.4 is 5.32 Å². The van der Waals surface area contributed by atoms with Crippen molar-refractivity contribution >= 4 is 0 Å². The Kier molecular flexibility index (Phi) is 2.76. The molecule has 0 heterocycles. The van der Waals surface area contributed by atoms with Gasteiger partial charge in [-0.15, -0.1) is 0 Å². The SMILES string of the molecule is CC1(C)CCC(NC2(C(F)(F)F)CC2)CC1. The van der Waals surface area contributed by atoms with E-state index in [0.717, 1.165) is 25.7 Å². The van der Waals surface area contributed by atoms with Gasteiger partial charge in [-0.2, -0.15) is 13.2 Å². The third-order valence-electron chi connectivity index (χ3n) is 4.11. The van der Waals surface area contributed by atoms with Gasteiger partial charge in [-0.3, -0.25) is 0 Å². The van der Waals surface area contributed by atoms with Crippen molar-refractivity contribution in [3.63, 3.8) is 0 Å². The first kappa shape index (κ1) is 12.2. The first-order chi connectivity index (χ1) is 7.24. The van der Waals surface area contributed by atoms with Crippen LogP contribution in [-0.4, -0.2) is 17.8 Å². The van der Waals surface area contributed by atoms with E-state index in [1.807, 2.05) is 0 Å². The van der Waals surface area contributed by atoms with Gasteiger partial charge in [0, 0.05) is 6.04 Å². The van der Waals surface area contributed by atoms with Crippen molar-refractivity contribution in [2.75, 3.05) is 0 Å². The van der Waals surface area contributed by atoms with E-state index < -0.39 is 11.7 Å². The van der Waals surface area contributed by atoms with Crippen LogP contribution in [0.15, 0.2) is 0 Å². The summed E-state index contributed by atoms with van der Waals surface area (Å²) < 4.78 is 38.2. The van der Waals surface area contributed by atoms with Crippen LogP contribution in [0.1, 0.15) is 52.4 Å². The highest BCUT2D eigenvalue weighted by atomic mass is 19.4. The van der Waals surface area contributed by atoms with Crippen LogP contribution in [0.25, 0.3) is 0 Å². The quantitative estimate of drug-likeness (QED) is 0.770. The molecule has 4 heteroatoms. The van der Waals surface area contributed by atoms with E-state index >= 15 is 0 Å². The number of alkyl halides is 3. The molecule has 0 unspecified atom stereocenters. The van der Waals surface area contributed by atoms with E-state index in [-0.39, 0.29) is 18.9 Å². The van der Waals surface area contributed by atoms with Gasteiger partial charge < -0.3 is 5.32 Å². The summed E-state index contributed by atoms with van der Waals surface area (Å²) in [6, 6.07) is 0.0668. The molecule has 0 aromatic carbocycles. The zero-order chi connectivity index (χ0) is 12.0. The van der Waals surface area contributed by atoms with Gasteiger partial charge in [0.05, 0.1) is 0 Å². The Morgan fingerprint density at radius 1 is 1.00 bits per heavy atom. The maximum atomic E-state index is 12.7. The van der Waals surface area contributed by atoms with Gasteiger partial charge in [-0.1, -0.05) is 13.8 Å². The molecule has 0 radical (unpaired) electrons. The fourth-order valence-corrected chi connectivity index (χ4v) is 2.57. The van der Waals surface area contributed by atoms with Crippen LogP contribution in [0.4, 0.5) is 13.2 Å². The molecular weight excluding hydrogens is 215 g/mol. The monoisotopic (exact) mass is 235 g/mol. The smallest absolute Gasteiger partial charge is 0.301 e. The topological polar surface area (TPSA) is 12.0 Å². The molecule has 0 aliphatic heterocycles. The Hall–Kier alpha value is -0.250. The number of hydrogen-bond donors (Lipinski definition) is 1. The molecule has 2 saturated carbocycles. The van der Waals surface area contributed by atoms with E-state index in [2.05, 4.69) is 19.2 Å². The Balaban J connectivity index is 1.88. The summed E-state index contributed by atoms with van der Waals surface area (Å²) >= 11 is 0. The zero-order valence-corrected chi connectivity index (χ0v) is 9.95. The molecule has 1 nitrogen and oxygen atoms in total. The van der Waals surface area contributed by atoms with Crippen molar-refractivity contribution in [1.82, 2.24) is 5.32 Å². The summed E-state index contributed by atoms with van der Waals surface area (Å²) in [6.07, 6.45) is 0.264. The molecule has 0 bridgehead atoms. The molecule has 0 aromatic heterocycles. The van der Waals surface area contributed by atoms with Crippen molar-refractivity contribution in [3.05, 3.63) is 0 Å². The number of rotatable bonds is 2. The average Bonchev–Trinajstić information content (AvgIpc) is 2.89. The van der Waals surface area contributed by atoms with Crippen LogP contribution in [0.5, 0.6) is 0 Å². The molecule has 16 heavy (non-hydrogen) atoms. The summed E-state index contributed by atoms with van der Waals surface area (Å²) in [4.78, 5) is 0. The average molecular weight is 235 g/mol. The standard InChI is InChI=1S/C12H20F3N/c1-10(2)5-3-9(4-6-10)16-11(7-8-11)12(13,14)15/h9,16H,3-8H2,1-2H3. The highest BCUT2D eigenvalue weighted by Gasteiger charge is 2.63. The molecule has 2 fully saturated rings. The van der Waals surface area contributed by atoms with Crippen LogP contribution in [-0.2, 0) is 0 Å². The van der Waals surface area contributed by atoms with Crippen LogP contribution in [0, 0.1) is 5.41 Å². The zero-order valence-electron chi connectivity index (χ0n) is 9.95. The van der Waals surface area contributed by atoms with Crippen LogP contribution in [0.2, 0.25) is 0 Å². The summed E-state index contributed by atoms with van der Waals surface area (Å²) in [6.45, 7) is 4.39. The fraction of sp³-hybridized carbons (Fsp3) is 1.00. The molecule has 0 aromatic rings. The summed E-state index contributed by atoms with van der Waals surface area (Å²) in [7, 11) is 0. The predicted molar refractivity (Wildman–Crippen MR) is 57.2 cm³/mol. The second kappa shape index (κ2) is 3.62. The van der Waals surface area contributed by atoms with E-state index in [1.165, 1.54) is 0 Å². The van der Waals surface area contributed by atoms with E-state index in [1.54, 1.807) is 0 Å². The van der Waals surface area contributed by atoms with Crippen LogP contribution >= 0.6 is 0 Å². The Morgan fingerprint density at radius 3 is 1.88 bits per heavy atom. The Labute approximate surface area is 94.8 Å². The van der Waals surface area contributed by atoms with E-state index in [0.29, 0.717) is 5.41 Å². The van der Waals surface area contributed by atoms with Crippen molar-refractivity contribution < 1.29 is 13.2 Å². The third-order valence-corrected chi connectivity index (χ3v) is 4.11. The number of hydrogen-bond acceptors (Lipinski definition) is 1. The molecule has 0 amide bonds. The highest BCUT2D eigenvalue weighted by Crippen LogP contribution is 2.50. The van der Waals surface area contributed by atoms with Gasteiger partial charge >= 0.3 is 6.18 Å². The molecule has 2 rings (SSSR count). The van der Waals surface area contributed by atoms with Gasteiger partial charge in [0.1, 0.15) is 5.54 Å². The Morgan fingerprint density at radius 2 is 1.50 bits per heavy atom. The lowest BCUT2D eigenvalue weighted by atomic mass is 9.75. The molecule has 0 atom stereocenters. The summed E-state index contributed by atoms with van der Waals surface area (Å²) in [5.74, 6) is 0. The maximum absolute atomic E-state index is 12.7. The minimum absolute atomic E-state index is 0.0668. The molecule has 1 N–H and O–H groups in total. The lowest BCUT2D eigenvalue weighted by molar-refractivity contribution is -0.168. The molecule has 0 saturated heterocycles. The maximum Gasteiger partial charge on any atom is 0.406 e. The van der Waals surface area contributed by atoms with Crippen molar-refractivity contribution in [2.45, 2.75) is 70.1 Å². The van der Waals surface area contributed by atoms with E-state index in [4.69, 9.17) is 0 Å². The minimum Gasteiger partial charge on any atom is -0.301 e. The molecule has 94 valence electrons. The molecule has 2 aliphatic carbocycles. The highest BCUT2D eigenvalue weighted by molar-refractivity contribution is 5.09. The predicted octanol–water partition coefficient (Wildman–Crippen LogP) is 3.64. The van der Waals surface area contributed by atoms with Crippen molar-refractivity contribution in [3.8, 4) is 0 Å². The molecular formula is C12H20F3N. The first-order valence-electron chi connectivity index (χ1n) is 6.09. The number of nitrogens with one attached hydrogen (secondary N) is 1.